The molecule has 0 aromatic carbocycles. The van der Waals surface area contributed by atoms with Gasteiger partial charge in [0.15, 0.2) is 0 Å². The van der Waals surface area contributed by atoms with Crippen LogP contribution >= 0.6 is 0 Å². The van der Waals surface area contributed by atoms with Crippen LogP contribution in [0.3, 0.4) is 0 Å². The Kier molecular flexibility index (Phi) is 2.32. The van der Waals surface area contributed by atoms with Gasteiger partial charge in [-0.25, -0.2) is 0 Å². The van der Waals surface area contributed by atoms with E-state index in [1.165, 1.54) is 0 Å². The summed E-state index contributed by atoms with van der Waals surface area (Å²) in [6.07, 6.45) is 2.63. The minimum Gasteiger partial charge on any atom is -0.481 e. The topological polar surface area (TPSA) is 37.3 Å². The van der Waals surface area contributed by atoms with Crippen LogP contribution in [0.15, 0.2) is 12.2 Å². The van der Waals surface area contributed by atoms with Gasteiger partial charge in [-0.05, 0) is 32.1 Å². The summed E-state index contributed by atoms with van der Waals surface area (Å²) in [6, 6.07) is 0. The van der Waals surface area contributed by atoms with E-state index in [4.69, 9.17) is 5.11 Å². The minimum absolute atomic E-state index is 0.114. The van der Waals surface area contributed by atoms with Gasteiger partial charge in [0.25, 0.3) is 0 Å². The van der Waals surface area contributed by atoms with Gasteiger partial charge >= 0.3 is 5.97 Å². The molecule has 2 nitrogen and oxygen atoms in total. The van der Waals surface area contributed by atoms with Crippen LogP contribution in [0.1, 0.15) is 26.2 Å². The zero-order valence-corrected chi connectivity index (χ0v) is 6.84. The normalized spacial score (nSPS) is 30.3. The van der Waals surface area contributed by atoms with Crippen molar-refractivity contribution in [1.82, 2.24) is 0 Å². The van der Waals surface area contributed by atoms with Crippen LogP contribution in [0.25, 0.3) is 0 Å². The number of allylic oxidation sites excluding steroid dienone is 1. The summed E-state index contributed by atoms with van der Waals surface area (Å²) < 4.78 is 0. The van der Waals surface area contributed by atoms with E-state index in [1.54, 1.807) is 0 Å². The summed E-state index contributed by atoms with van der Waals surface area (Å²) >= 11 is 0. The highest BCUT2D eigenvalue weighted by Gasteiger charge is 2.29. The largest absolute Gasteiger partial charge is 0.481 e. The third kappa shape index (κ3) is 1.82. The molecule has 0 saturated heterocycles. The van der Waals surface area contributed by atoms with Gasteiger partial charge in [-0.1, -0.05) is 12.2 Å². The lowest BCUT2D eigenvalue weighted by molar-refractivity contribution is -0.141. The fourth-order valence-electron chi connectivity index (χ4n) is 1.65. The average molecular weight is 154 g/mol. The summed E-state index contributed by atoms with van der Waals surface area (Å²) in [5.41, 5.74) is 1.13. The van der Waals surface area contributed by atoms with Crippen molar-refractivity contribution in [2.24, 2.45) is 11.8 Å². The van der Waals surface area contributed by atoms with Gasteiger partial charge in [-0.3, -0.25) is 4.79 Å². The van der Waals surface area contributed by atoms with Gasteiger partial charge in [0, 0.05) is 0 Å². The first-order valence-electron chi connectivity index (χ1n) is 3.99. The molecule has 0 aliphatic heterocycles. The molecule has 11 heavy (non-hydrogen) atoms. The first kappa shape index (κ1) is 8.31. The van der Waals surface area contributed by atoms with Crippen molar-refractivity contribution < 1.29 is 9.90 Å². The van der Waals surface area contributed by atoms with E-state index < -0.39 is 5.97 Å². The third-order valence-electron chi connectivity index (χ3n) is 2.48. The van der Waals surface area contributed by atoms with Crippen molar-refractivity contribution in [1.29, 1.82) is 0 Å². The SMILES string of the molecule is C=C(C)C1CCC(C(=O)O)C1. The first-order chi connectivity index (χ1) is 5.11. The van der Waals surface area contributed by atoms with Crippen LogP contribution in [-0.2, 0) is 4.79 Å². The van der Waals surface area contributed by atoms with Crippen molar-refractivity contribution in [2.45, 2.75) is 26.2 Å². The minimum atomic E-state index is -0.645. The van der Waals surface area contributed by atoms with Crippen LogP contribution < -0.4 is 0 Å². The summed E-state index contributed by atoms with van der Waals surface area (Å²) in [7, 11) is 0. The molecule has 0 bridgehead atoms. The second-order valence-corrected chi connectivity index (χ2v) is 3.39. The van der Waals surface area contributed by atoms with Crippen molar-refractivity contribution in [2.75, 3.05) is 0 Å². The molecule has 1 fully saturated rings. The monoisotopic (exact) mass is 154 g/mol. The summed E-state index contributed by atoms with van der Waals surface area (Å²) in [5, 5.41) is 8.68. The van der Waals surface area contributed by atoms with Gasteiger partial charge in [0.1, 0.15) is 0 Å². The lowest BCUT2D eigenvalue weighted by Gasteiger charge is -2.07. The maximum Gasteiger partial charge on any atom is 0.306 e. The second kappa shape index (κ2) is 3.07. The molecule has 1 saturated carbocycles. The fraction of sp³-hybridized carbons (Fsp3) is 0.667. The van der Waals surface area contributed by atoms with Crippen molar-refractivity contribution in [3.05, 3.63) is 12.2 Å². The van der Waals surface area contributed by atoms with E-state index in [0.717, 1.165) is 24.8 Å². The zero-order chi connectivity index (χ0) is 8.43. The van der Waals surface area contributed by atoms with Gasteiger partial charge < -0.3 is 5.11 Å². The van der Waals surface area contributed by atoms with Gasteiger partial charge in [-0.15, -0.1) is 0 Å². The van der Waals surface area contributed by atoms with Crippen LogP contribution in [0.4, 0.5) is 0 Å². The predicted octanol–water partition coefficient (Wildman–Crippen LogP) is 2.06. The van der Waals surface area contributed by atoms with Gasteiger partial charge in [0.2, 0.25) is 0 Å². The van der Waals surface area contributed by atoms with E-state index in [1.807, 2.05) is 6.92 Å². The molecule has 1 aliphatic carbocycles. The highest BCUT2D eigenvalue weighted by atomic mass is 16.4. The highest BCUT2D eigenvalue weighted by Crippen LogP contribution is 2.34. The van der Waals surface area contributed by atoms with Crippen molar-refractivity contribution in [3.8, 4) is 0 Å². The summed E-state index contributed by atoms with van der Waals surface area (Å²) in [4.78, 5) is 10.5. The van der Waals surface area contributed by atoms with Crippen LogP contribution in [0, 0.1) is 11.8 Å². The number of hydrogen-bond donors (Lipinski definition) is 1. The summed E-state index contributed by atoms with van der Waals surface area (Å²) in [5.74, 6) is -0.304. The molecule has 0 heterocycles. The Balaban J connectivity index is 2.47. The molecule has 0 aromatic rings. The molecule has 1 N–H and O–H groups in total. The standard InChI is InChI=1S/C9H14O2/c1-6(2)7-3-4-8(5-7)9(10)11/h7-8H,1,3-5H2,2H3,(H,10,11). The maximum atomic E-state index is 10.5. The number of carboxylic acid groups (broad SMARTS) is 1. The molecule has 2 heteroatoms. The molecular weight excluding hydrogens is 140 g/mol. The van der Waals surface area contributed by atoms with Gasteiger partial charge in [0.05, 0.1) is 5.92 Å². The molecule has 1 rings (SSSR count). The van der Waals surface area contributed by atoms with Crippen molar-refractivity contribution >= 4 is 5.97 Å². The van der Waals surface area contributed by atoms with E-state index in [9.17, 15) is 4.79 Å². The van der Waals surface area contributed by atoms with Crippen LogP contribution in [-0.4, -0.2) is 11.1 Å². The lowest BCUT2D eigenvalue weighted by atomic mass is 9.99. The Morgan fingerprint density at radius 1 is 1.45 bits per heavy atom. The smallest absolute Gasteiger partial charge is 0.306 e. The first-order valence-corrected chi connectivity index (χ1v) is 3.99. The molecule has 62 valence electrons. The number of carboxylic acids is 1. The lowest BCUT2D eigenvalue weighted by Crippen LogP contribution is -2.09. The maximum absolute atomic E-state index is 10.5. The quantitative estimate of drug-likeness (QED) is 0.618. The predicted molar refractivity (Wildman–Crippen MR) is 43.3 cm³/mol. The number of aliphatic carboxylic acids is 1. The highest BCUT2D eigenvalue weighted by molar-refractivity contribution is 5.70. The zero-order valence-electron chi connectivity index (χ0n) is 6.84. The van der Waals surface area contributed by atoms with E-state index in [2.05, 4.69) is 6.58 Å². The van der Waals surface area contributed by atoms with Crippen LogP contribution in [0.5, 0.6) is 0 Å². The fourth-order valence-corrected chi connectivity index (χ4v) is 1.65. The molecule has 0 amide bonds. The third-order valence-corrected chi connectivity index (χ3v) is 2.48. The van der Waals surface area contributed by atoms with E-state index in [0.29, 0.717) is 5.92 Å². The Bertz CT molecular complexity index is 164. The number of rotatable bonds is 2. The molecule has 0 radical (unpaired) electrons. The van der Waals surface area contributed by atoms with Crippen LogP contribution in [0.2, 0.25) is 0 Å². The Morgan fingerprint density at radius 3 is 2.27 bits per heavy atom. The van der Waals surface area contributed by atoms with Gasteiger partial charge in [-0.2, -0.15) is 0 Å². The molecule has 2 atom stereocenters. The Labute approximate surface area is 66.9 Å². The summed E-state index contributed by atoms with van der Waals surface area (Å²) in [6.45, 7) is 5.82. The molecule has 0 spiro atoms. The molecule has 2 unspecified atom stereocenters. The average Bonchev–Trinajstić information content (AvgIpc) is 2.33. The number of hydrogen-bond acceptors (Lipinski definition) is 1. The van der Waals surface area contributed by atoms with E-state index in [-0.39, 0.29) is 5.92 Å². The molecule has 0 aromatic heterocycles. The van der Waals surface area contributed by atoms with Crippen molar-refractivity contribution in [3.63, 3.8) is 0 Å². The number of carbonyl (C=O) groups is 1. The Hall–Kier alpha value is -0.790. The second-order valence-electron chi connectivity index (χ2n) is 3.39. The molecule has 1 aliphatic rings. The van der Waals surface area contributed by atoms with E-state index >= 15 is 0 Å². The Morgan fingerprint density at radius 2 is 2.00 bits per heavy atom. The molecular formula is C9H14O2.